The van der Waals surface area contributed by atoms with Crippen LogP contribution in [0.5, 0.6) is 0 Å². The molecule has 0 atom stereocenters. The second-order valence-electron chi connectivity index (χ2n) is 6.27. The highest BCUT2D eigenvalue weighted by Gasteiger charge is 2.11. The molecule has 1 heterocycles. The van der Waals surface area contributed by atoms with Crippen LogP contribution in [0.1, 0.15) is 35.8 Å². The van der Waals surface area contributed by atoms with Crippen molar-refractivity contribution in [1.82, 2.24) is 4.98 Å². The summed E-state index contributed by atoms with van der Waals surface area (Å²) in [4.78, 5) is 16.4. The van der Waals surface area contributed by atoms with E-state index in [-0.39, 0.29) is 11.4 Å². The Hall–Kier alpha value is -3.21. The van der Waals surface area contributed by atoms with E-state index in [1.807, 2.05) is 12.1 Å². The van der Waals surface area contributed by atoms with Gasteiger partial charge in [0.1, 0.15) is 11.5 Å². The fraction of sp³-hybridized carbons (Fsp3) is 0.143. The Morgan fingerprint density at radius 1 is 1.00 bits per heavy atom. The first-order valence-corrected chi connectivity index (χ1v) is 8.42. The monoisotopic (exact) mass is 349 g/mol. The largest absolute Gasteiger partial charge is 0.355 e. The molecule has 0 spiro atoms. The summed E-state index contributed by atoms with van der Waals surface area (Å²) in [5.74, 6) is -0.479. The number of aromatic nitrogens is 1. The Morgan fingerprint density at radius 3 is 2.42 bits per heavy atom. The van der Waals surface area contributed by atoms with E-state index in [0.717, 1.165) is 11.4 Å². The van der Waals surface area contributed by atoms with Crippen LogP contribution in [0.2, 0.25) is 0 Å². The summed E-state index contributed by atoms with van der Waals surface area (Å²) >= 11 is 0. The molecule has 0 bridgehead atoms. The Labute approximate surface area is 152 Å². The number of nitrogens with zero attached hydrogens (tertiary/aromatic N) is 1. The minimum absolute atomic E-state index is 0.127. The molecule has 3 aromatic rings. The fourth-order valence-electron chi connectivity index (χ4n) is 2.50. The van der Waals surface area contributed by atoms with E-state index < -0.39 is 11.7 Å². The van der Waals surface area contributed by atoms with Crippen molar-refractivity contribution >= 4 is 23.0 Å². The quantitative estimate of drug-likeness (QED) is 0.654. The van der Waals surface area contributed by atoms with E-state index in [4.69, 9.17) is 0 Å². The number of carbonyl (C=O) groups is 1. The van der Waals surface area contributed by atoms with Crippen molar-refractivity contribution in [3.63, 3.8) is 0 Å². The predicted octanol–water partition coefficient (Wildman–Crippen LogP) is 5.34. The third-order valence-electron chi connectivity index (χ3n) is 3.98. The summed E-state index contributed by atoms with van der Waals surface area (Å²) in [5.41, 5.74) is 3.24. The molecule has 0 saturated carbocycles. The van der Waals surface area contributed by atoms with Crippen molar-refractivity contribution in [2.45, 2.75) is 19.8 Å². The van der Waals surface area contributed by atoms with Gasteiger partial charge in [0.15, 0.2) is 0 Å². The lowest BCUT2D eigenvalue weighted by molar-refractivity contribution is 0.102. The highest BCUT2D eigenvalue weighted by atomic mass is 19.1. The van der Waals surface area contributed by atoms with Gasteiger partial charge in [-0.25, -0.2) is 4.39 Å². The summed E-state index contributed by atoms with van der Waals surface area (Å²) in [6, 6.07) is 17.6. The van der Waals surface area contributed by atoms with Gasteiger partial charge < -0.3 is 10.6 Å². The molecular weight excluding hydrogens is 329 g/mol. The van der Waals surface area contributed by atoms with Gasteiger partial charge >= 0.3 is 0 Å². The smallest absolute Gasteiger partial charge is 0.274 e. The number of pyridine rings is 1. The van der Waals surface area contributed by atoms with E-state index >= 15 is 0 Å². The molecule has 0 unspecified atom stereocenters. The average Bonchev–Trinajstić information content (AvgIpc) is 2.64. The number of carbonyl (C=O) groups excluding carboxylic acids is 1. The Balaban J connectivity index is 1.73. The van der Waals surface area contributed by atoms with Crippen LogP contribution >= 0.6 is 0 Å². The molecular formula is C21H20FN3O. The van der Waals surface area contributed by atoms with Gasteiger partial charge in [-0.2, -0.15) is 0 Å². The van der Waals surface area contributed by atoms with Crippen LogP contribution in [0.3, 0.4) is 0 Å². The van der Waals surface area contributed by atoms with Crippen molar-refractivity contribution in [3.8, 4) is 0 Å². The van der Waals surface area contributed by atoms with Gasteiger partial charge in [0.2, 0.25) is 0 Å². The zero-order chi connectivity index (χ0) is 18.5. The highest BCUT2D eigenvalue weighted by Crippen LogP contribution is 2.21. The van der Waals surface area contributed by atoms with Gasteiger partial charge in [-0.15, -0.1) is 0 Å². The van der Waals surface area contributed by atoms with E-state index in [9.17, 15) is 9.18 Å². The van der Waals surface area contributed by atoms with Gasteiger partial charge in [-0.05, 0) is 47.9 Å². The number of hydrogen-bond acceptors (Lipinski definition) is 3. The first-order chi connectivity index (χ1) is 12.5. The second kappa shape index (κ2) is 7.78. The van der Waals surface area contributed by atoms with Crippen molar-refractivity contribution in [1.29, 1.82) is 0 Å². The van der Waals surface area contributed by atoms with E-state index in [0.29, 0.717) is 5.92 Å². The lowest BCUT2D eigenvalue weighted by Gasteiger charge is -2.10. The van der Waals surface area contributed by atoms with Crippen molar-refractivity contribution < 1.29 is 9.18 Å². The van der Waals surface area contributed by atoms with Crippen molar-refractivity contribution in [3.05, 3.63) is 83.9 Å². The Morgan fingerprint density at radius 2 is 1.73 bits per heavy atom. The van der Waals surface area contributed by atoms with Crippen molar-refractivity contribution in [2.24, 2.45) is 0 Å². The number of hydrogen-bond donors (Lipinski definition) is 2. The van der Waals surface area contributed by atoms with E-state index in [1.54, 1.807) is 30.5 Å². The van der Waals surface area contributed by atoms with Gasteiger partial charge in [0, 0.05) is 17.6 Å². The number of nitrogens with one attached hydrogen (secondary N) is 2. The molecule has 0 aliphatic heterocycles. The number of halogens is 1. The number of rotatable bonds is 5. The van der Waals surface area contributed by atoms with Gasteiger partial charge in [0.05, 0.1) is 5.69 Å². The maximum atomic E-state index is 13.7. The zero-order valence-electron chi connectivity index (χ0n) is 14.7. The van der Waals surface area contributed by atoms with Gasteiger partial charge in [0.25, 0.3) is 5.91 Å². The minimum atomic E-state index is -0.486. The van der Waals surface area contributed by atoms with Crippen molar-refractivity contribution in [2.75, 3.05) is 10.6 Å². The third kappa shape index (κ3) is 4.25. The fourth-order valence-corrected chi connectivity index (χ4v) is 2.50. The second-order valence-corrected chi connectivity index (χ2v) is 6.27. The summed E-state index contributed by atoms with van der Waals surface area (Å²) in [6.45, 7) is 4.29. The highest BCUT2D eigenvalue weighted by molar-refractivity contribution is 6.03. The molecule has 0 saturated heterocycles. The normalized spacial score (nSPS) is 10.6. The number of anilines is 3. The van der Waals surface area contributed by atoms with Gasteiger partial charge in [-0.3, -0.25) is 9.78 Å². The molecule has 2 N–H and O–H groups in total. The molecule has 1 aromatic heterocycles. The van der Waals surface area contributed by atoms with Crippen LogP contribution in [-0.4, -0.2) is 10.9 Å². The summed E-state index contributed by atoms with van der Waals surface area (Å²) < 4.78 is 13.7. The molecule has 0 fully saturated rings. The summed E-state index contributed by atoms with van der Waals surface area (Å²) in [7, 11) is 0. The number of para-hydroxylation sites is 1. The summed E-state index contributed by atoms with van der Waals surface area (Å²) in [5, 5.41) is 5.78. The first-order valence-electron chi connectivity index (χ1n) is 8.42. The SMILES string of the molecule is CC(C)c1ccc(Nc2ccnc(C(=O)Nc3ccccc3F)c2)cc1. The average molecular weight is 349 g/mol. The summed E-state index contributed by atoms with van der Waals surface area (Å²) in [6.07, 6.45) is 1.54. The lowest BCUT2D eigenvalue weighted by Crippen LogP contribution is -2.14. The standard InChI is InChI=1S/C21H20FN3O/c1-14(2)15-7-9-16(10-8-15)24-17-11-12-23-20(13-17)21(26)25-19-6-4-3-5-18(19)22/h3-14H,1-2H3,(H,23,24)(H,25,26). The molecule has 2 aromatic carbocycles. The van der Waals surface area contributed by atoms with Crippen LogP contribution in [0.15, 0.2) is 66.9 Å². The number of benzene rings is 2. The molecule has 0 aliphatic rings. The lowest BCUT2D eigenvalue weighted by atomic mass is 10.0. The maximum Gasteiger partial charge on any atom is 0.274 e. The van der Waals surface area contributed by atoms with Crippen LogP contribution in [-0.2, 0) is 0 Å². The molecule has 26 heavy (non-hydrogen) atoms. The minimum Gasteiger partial charge on any atom is -0.355 e. The van der Waals surface area contributed by atoms with Crippen LogP contribution in [0.4, 0.5) is 21.5 Å². The zero-order valence-corrected chi connectivity index (χ0v) is 14.7. The van der Waals surface area contributed by atoms with Gasteiger partial charge in [-0.1, -0.05) is 38.1 Å². The molecule has 132 valence electrons. The topological polar surface area (TPSA) is 54.0 Å². The molecule has 5 heteroatoms. The molecule has 1 amide bonds. The number of amides is 1. The van der Waals surface area contributed by atoms with E-state index in [2.05, 4.69) is 41.6 Å². The molecule has 4 nitrogen and oxygen atoms in total. The first kappa shape index (κ1) is 17.6. The Kier molecular flexibility index (Phi) is 5.27. The van der Waals surface area contributed by atoms with Crippen LogP contribution in [0, 0.1) is 5.82 Å². The predicted molar refractivity (Wildman–Crippen MR) is 102 cm³/mol. The molecule has 0 aliphatic carbocycles. The third-order valence-corrected chi connectivity index (χ3v) is 3.98. The van der Waals surface area contributed by atoms with Crippen LogP contribution < -0.4 is 10.6 Å². The maximum absolute atomic E-state index is 13.7. The molecule has 0 radical (unpaired) electrons. The Bertz CT molecular complexity index is 907. The van der Waals surface area contributed by atoms with Crippen LogP contribution in [0.25, 0.3) is 0 Å². The molecule has 3 rings (SSSR count). The van der Waals surface area contributed by atoms with E-state index in [1.165, 1.54) is 17.7 Å².